The van der Waals surface area contributed by atoms with E-state index in [4.69, 9.17) is 10.5 Å². The number of nitrogens with one attached hydrogen (secondary N) is 2. The van der Waals surface area contributed by atoms with Crippen LogP contribution in [-0.4, -0.2) is 23.5 Å². The Morgan fingerprint density at radius 3 is 2.88 bits per heavy atom. The molecular formula is C16H20N4O3S. The van der Waals surface area contributed by atoms with Gasteiger partial charge in [0.05, 0.1) is 19.1 Å². The monoisotopic (exact) mass is 348 g/mol. The van der Waals surface area contributed by atoms with E-state index < -0.39 is 12.1 Å². The Morgan fingerprint density at radius 1 is 1.38 bits per heavy atom. The number of rotatable bonds is 8. The Hall–Kier alpha value is -2.61. The van der Waals surface area contributed by atoms with Gasteiger partial charge in [0, 0.05) is 23.2 Å². The number of nitrogens with zero attached hydrogens (tertiary/aromatic N) is 1. The zero-order valence-electron chi connectivity index (χ0n) is 13.3. The number of hydrogen-bond donors (Lipinski definition) is 3. The summed E-state index contributed by atoms with van der Waals surface area (Å²) in [7, 11) is 0. The van der Waals surface area contributed by atoms with E-state index in [-0.39, 0.29) is 12.3 Å². The van der Waals surface area contributed by atoms with Gasteiger partial charge < -0.3 is 21.1 Å². The van der Waals surface area contributed by atoms with Crippen molar-refractivity contribution >= 4 is 23.3 Å². The Morgan fingerprint density at radius 2 is 2.21 bits per heavy atom. The van der Waals surface area contributed by atoms with Gasteiger partial charge in [-0.3, -0.25) is 4.79 Å². The second kappa shape index (κ2) is 8.88. The zero-order valence-corrected chi connectivity index (χ0v) is 14.1. The van der Waals surface area contributed by atoms with Gasteiger partial charge in [-0.05, 0) is 24.4 Å². The summed E-state index contributed by atoms with van der Waals surface area (Å²) in [4.78, 5) is 28.4. The molecule has 2 aromatic rings. The molecule has 128 valence electrons. The van der Waals surface area contributed by atoms with E-state index in [2.05, 4.69) is 15.6 Å². The maximum absolute atomic E-state index is 12.2. The second-order valence-corrected chi connectivity index (χ2v) is 5.94. The van der Waals surface area contributed by atoms with Crippen LogP contribution in [0.1, 0.15) is 29.8 Å². The van der Waals surface area contributed by atoms with E-state index in [0.29, 0.717) is 19.0 Å². The Bertz CT molecular complexity index is 676. The van der Waals surface area contributed by atoms with Gasteiger partial charge in [0.25, 0.3) is 0 Å². The topological polar surface area (TPSA) is 106 Å². The first-order valence-electron chi connectivity index (χ1n) is 7.53. The average Bonchev–Trinajstić information content (AvgIpc) is 3.08. The third-order valence-corrected chi connectivity index (χ3v) is 4.19. The minimum atomic E-state index is -0.660. The molecule has 8 heteroatoms. The molecule has 0 saturated heterocycles. The number of pyridine rings is 1. The first-order chi connectivity index (χ1) is 11.6. The first-order valence-corrected chi connectivity index (χ1v) is 8.41. The second-order valence-electron chi connectivity index (χ2n) is 4.96. The summed E-state index contributed by atoms with van der Waals surface area (Å²) in [6.45, 7) is 2.68. The van der Waals surface area contributed by atoms with E-state index >= 15 is 0 Å². The SMILES string of the molecule is CCOc1ncccc1CNC(=O)CC(NC(N)=O)c1cccs1. The molecule has 0 aliphatic rings. The molecule has 0 radical (unpaired) electrons. The molecule has 7 nitrogen and oxygen atoms in total. The molecule has 0 bridgehead atoms. The molecule has 1 atom stereocenters. The van der Waals surface area contributed by atoms with Crippen LogP contribution in [0.4, 0.5) is 4.79 Å². The highest BCUT2D eigenvalue weighted by Crippen LogP contribution is 2.22. The Balaban J connectivity index is 1.95. The van der Waals surface area contributed by atoms with Crippen LogP contribution in [0.2, 0.25) is 0 Å². The van der Waals surface area contributed by atoms with Gasteiger partial charge in [-0.25, -0.2) is 9.78 Å². The van der Waals surface area contributed by atoms with Crippen molar-refractivity contribution in [3.05, 3.63) is 46.3 Å². The number of ether oxygens (including phenoxy) is 1. The molecule has 2 aromatic heterocycles. The van der Waals surface area contributed by atoms with Crippen LogP contribution in [0.5, 0.6) is 5.88 Å². The van der Waals surface area contributed by atoms with E-state index in [1.165, 1.54) is 11.3 Å². The first kappa shape index (κ1) is 17.7. The molecule has 2 heterocycles. The third-order valence-electron chi connectivity index (χ3n) is 3.20. The van der Waals surface area contributed by atoms with Crippen molar-refractivity contribution in [3.63, 3.8) is 0 Å². The highest BCUT2D eigenvalue weighted by Gasteiger charge is 2.18. The fourth-order valence-corrected chi connectivity index (χ4v) is 2.94. The molecule has 0 fully saturated rings. The van der Waals surface area contributed by atoms with Gasteiger partial charge in [-0.1, -0.05) is 12.1 Å². The summed E-state index contributed by atoms with van der Waals surface area (Å²) in [5.74, 6) is 0.304. The summed E-state index contributed by atoms with van der Waals surface area (Å²) < 4.78 is 5.43. The van der Waals surface area contributed by atoms with Gasteiger partial charge in [0.15, 0.2) is 0 Å². The molecule has 0 aliphatic carbocycles. The lowest BCUT2D eigenvalue weighted by Gasteiger charge is -2.16. The van der Waals surface area contributed by atoms with Crippen LogP contribution < -0.4 is 21.1 Å². The van der Waals surface area contributed by atoms with Crippen LogP contribution in [-0.2, 0) is 11.3 Å². The lowest BCUT2D eigenvalue weighted by atomic mass is 10.1. The van der Waals surface area contributed by atoms with Gasteiger partial charge in [-0.15, -0.1) is 11.3 Å². The van der Waals surface area contributed by atoms with E-state index in [1.807, 2.05) is 30.5 Å². The van der Waals surface area contributed by atoms with Crippen LogP contribution in [0, 0.1) is 0 Å². The summed E-state index contributed by atoms with van der Waals surface area (Å²) in [5, 5.41) is 7.29. The van der Waals surface area contributed by atoms with Crippen LogP contribution >= 0.6 is 11.3 Å². The maximum Gasteiger partial charge on any atom is 0.312 e. The van der Waals surface area contributed by atoms with Crippen molar-refractivity contribution < 1.29 is 14.3 Å². The van der Waals surface area contributed by atoms with Crippen molar-refractivity contribution in [1.82, 2.24) is 15.6 Å². The third kappa shape index (κ3) is 5.24. The fourth-order valence-electron chi connectivity index (χ4n) is 2.16. The minimum absolute atomic E-state index is 0.105. The van der Waals surface area contributed by atoms with E-state index in [1.54, 1.807) is 12.3 Å². The number of amides is 3. The van der Waals surface area contributed by atoms with Crippen LogP contribution in [0.15, 0.2) is 35.8 Å². The van der Waals surface area contributed by atoms with Gasteiger partial charge in [-0.2, -0.15) is 0 Å². The number of aromatic nitrogens is 1. The molecule has 0 aliphatic heterocycles. The number of nitrogens with two attached hydrogens (primary N) is 1. The van der Waals surface area contributed by atoms with Gasteiger partial charge in [0.1, 0.15) is 0 Å². The lowest BCUT2D eigenvalue weighted by molar-refractivity contribution is -0.121. The van der Waals surface area contributed by atoms with Gasteiger partial charge in [0.2, 0.25) is 11.8 Å². The number of carbonyl (C=O) groups is 2. The van der Waals surface area contributed by atoms with Crippen molar-refractivity contribution in [1.29, 1.82) is 0 Å². The molecule has 4 N–H and O–H groups in total. The average molecular weight is 348 g/mol. The predicted octanol–water partition coefficient (Wildman–Crippen LogP) is 1.96. The standard InChI is InChI=1S/C16H20N4O3S/c1-2-23-15-11(5-3-7-18-15)10-19-14(21)9-12(20-16(17)22)13-6-4-8-24-13/h3-8,12H,2,9-10H2,1H3,(H,19,21)(H3,17,20,22). The lowest BCUT2D eigenvalue weighted by Crippen LogP contribution is -2.36. The molecule has 0 aromatic carbocycles. The minimum Gasteiger partial charge on any atom is -0.478 e. The molecule has 2 rings (SSSR count). The number of thiophene rings is 1. The Labute approximate surface area is 144 Å². The smallest absolute Gasteiger partial charge is 0.312 e. The summed E-state index contributed by atoms with van der Waals surface area (Å²) >= 11 is 1.46. The molecule has 1 unspecified atom stereocenters. The number of urea groups is 1. The van der Waals surface area contributed by atoms with Gasteiger partial charge >= 0.3 is 6.03 Å². The number of hydrogen-bond acceptors (Lipinski definition) is 5. The molecule has 3 amide bonds. The van der Waals surface area contributed by atoms with E-state index in [9.17, 15) is 9.59 Å². The highest BCUT2D eigenvalue weighted by atomic mass is 32.1. The van der Waals surface area contributed by atoms with Crippen LogP contribution in [0.25, 0.3) is 0 Å². The normalized spacial score (nSPS) is 11.5. The Kier molecular flexibility index (Phi) is 6.56. The van der Waals surface area contributed by atoms with Crippen molar-refractivity contribution in [2.45, 2.75) is 25.9 Å². The fraction of sp³-hybridized carbons (Fsp3) is 0.312. The maximum atomic E-state index is 12.2. The number of primary amides is 1. The van der Waals surface area contributed by atoms with Crippen molar-refractivity contribution in [2.75, 3.05) is 6.61 Å². The highest BCUT2D eigenvalue weighted by molar-refractivity contribution is 7.10. The van der Waals surface area contributed by atoms with Crippen molar-refractivity contribution in [3.8, 4) is 5.88 Å². The zero-order chi connectivity index (χ0) is 17.4. The summed E-state index contributed by atoms with van der Waals surface area (Å²) in [6.07, 6.45) is 1.74. The largest absolute Gasteiger partial charge is 0.478 e. The molecular weight excluding hydrogens is 328 g/mol. The molecule has 0 spiro atoms. The predicted molar refractivity (Wildman–Crippen MR) is 91.6 cm³/mol. The van der Waals surface area contributed by atoms with Crippen LogP contribution in [0.3, 0.4) is 0 Å². The summed E-state index contributed by atoms with van der Waals surface area (Å²) in [6, 6.07) is 6.24. The molecule has 24 heavy (non-hydrogen) atoms. The molecule has 0 saturated carbocycles. The number of carbonyl (C=O) groups excluding carboxylic acids is 2. The quantitative estimate of drug-likeness (QED) is 0.678. The summed E-state index contributed by atoms with van der Waals surface area (Å²) in [5.41, 5.74) is 5.99. The van der Waals surface area contributed by atoms with Crippen molar-refractivity contribution in [2.24, 2.45) is 5.73 Å². The van der Waals surface area contributed by atoms with E-state index in [0.717, 1.165) is 10.4 Å².